The van der Waals surface area contributed by atoms with Crippen molar-refractivity contribution in [3.8, 4) is 0 Å². The summed E-state index contributed by atoms with van der Waals surface area (Å²) < 4.78 is 0. The van der Waals surface area contributed by atoms with Crippen molar-refractivity contribution in [1.82, 2.24) is 0 Å². The van der Waals surface area contributed by atoms with Crippen molar-refractivity contribution in [2.24, 2.45) is 27.6 Å². The molecule has 0 heterocycles. The zero-order valence-corrected chi connectivity index (χ0v) is 6.01. The predicted molar refractivity (Wildman–Crippen MR) is 46.1 cm³/mol. The van der Waals surface area contributed by atoms with Crippen LogP contribution in [0.25, 0.3) is 0 Å². The first-order valence-electron chi connectivity index (χ1n) is 3.26. The molecule has 58 valence electrons. The van der Waals surface area contributed by atoms with Crippen LogP contribution in [0.1, 0.15) is 0 Å². The van der Waals surface area contributed by atoms with Crippen LogP contribution >= 0.6 is 0 Å². The molecule has 1 aliphatic rings. The summed E-state index contributed by atoms with van der Waals surface area (Å²) in [6.45, 7) is 0. The highest BCUT2D eigenvalue weighted by Gasteiger charge is 1.96. The van der Waals surface area contributed by atoms with Gasteiger partial charge in [0.05, 0.1) is 0 Å². The number of guanidine groups is 1. The summed E-state index contributed by atoms with van der Waals surface area (Å²) in [4.78, 5) is 0. The predicted octanol–water partition coefficient (Wildman–Crippen LogP) is -0.0122. The maximum Gasteiger partial charge on any atom is 0.211 e. The van der Waals surface area contributed by atoms with E-state index in [-0.39, 0.29) is 11.9 Å². The summed E-state index contributed by atoms with van der Waals surface area (Å²) in [6, 6.07) is 0. The number of rotatable bonds is 2. The van der Waals surface area contributed by atoms with E-state index in [1.165, 1.54) is 0 Å². The van der Waals surface area contributed by atoms with E-state index in [4.69, 9.17) is 11.5 Å². The minimum atomic E-state index is -0.0211. The molecular formula is C7H10N4. The molecule has 0 amide bonds. The maximum absolute atomic E-state index is 5.06. The SMILES string of the molecule is NC(N)=N/N=C/C1C=CC=C1. The lowest BCUT2D eigenvalue weighted by atomic mass is 10.2. The second kappa shape index (κ2) is 3.55. The van der Waals surface area contributed by atoms with Crippen LogP contribution in [0.2, 0.25) is 0 Å². The third kappa shape index (κ3) is 2.66. The quantitative estimate of drug-likeness (QED) is 0.330. The Balaban J connectivity index is 2.42. The second-order valence-corrected chi connectivity index (χ2v) is 2.14. The Morgan fingerprint density at radius 1 is 1.27 bits per heavy atom. The van der Waals surface area contributed by atoms with E-state index in [1.54, 1.807) is 6.21 Å². The van der Waals surface area contributed by atoms with Gasteiger partial charge in [-0.15, -0.1) is 5.10 Å². The summed E-state index contributed by atoms with van der Waals surface area (Å²) in [5, 5.41) is 7.13. The number of hydrogen-bond acceptors (Lipinski definition) is 2. The minimum Gasteiger partial charge on any atom is -0.369 e. The van der Waals surface area contributed by atoms with Crippen LogP contribution in [0, 0.1) is 5.92 Å². The van der Waals surface area contributed by atoms with Crippen LogP contribution in [0.15, 0.2) is 34.5 Å². The monoisotopic (exact) mass is 150 g/mol. The molecule has 0 aromatic heterocycles. The standard InChI is InChI=1S/C7H10N4/c8-7(9)11-10-5-6-3-1-2-4-6/h1-6H,(H4,8,9,11)/b10-5+. The average Bonchev–Trinajstić information content (AvgIpc) is 2.39. The molecule has 0 aromatic carbocycles. The molecule has 0 fully saturated rings. The van der Waals surface area contributed by atoms with Crippen molar-refractivity contribution in [2.45, 2.75) is 0 Å². The molecule has 0 saturated heterocycles. The van der Waals surface area contributed by atoms with Gasteiger partial charge < -0.3 is 11.5 Å². The van der Waals surface area contributed by atoms with Gasteiger partial charge in [-0.3, -0.25) is 0 Å². The molecule has 0 aromatic rings. The lowest BCUT2D eigenvalue weighted by molar-refractivity contribution is 1.13. The van der Waals surface area contributed by atoms with E-state index in [1.807, 2.05) is 24.3 Å². The average molecular weight is 150 g/mol. The maximum atomic E-state index is 5.06. The number of nitrogens with two attached hydrogens (primary N) is 2. The fourth-order valence-corrected chi connectivity index (χ4v) is 0.725. The summed E-state index contributed by atoms with van der Waals surface area (Å²) in [6.07, 6.45) is 9.55. The van der Waals surface area contributed by atoms with Gasteiger partial charge in [-0.1, -0.05) is 24.3 Å². The highest BCUT2D eigenvalue weighted by molar-refractivity contribution is 5.76. The number of nitrogens with zero attached hydrogens (tertiary/aromatic N) is 2. The zero-order valence-electron chi connectivity index (χ0n) is 6.01. The molecule has 0 bridgehead atoms. The normalized spacial score (nSPS) is 16.4. The fraction of sp³-hybridized carbons (Fsp3) is 0.143. The van der Waals surface area contributed by atoms with E-state index in [2.05, 4.69) is 10.2 Å². The van der Waals surface area contributed by atoms with Crippen molar-refractivity contribution in [3.63, 3.8) is 0 Å². The van der Waals surface area contributed by atoms with Crippen molar-refractivity contribution < 1.29 is 0 Å². The molecule has 0 saturated carbocycles. The Kier molecular flexibility index (Phi) is 2.43. The van der Waals surface area contributed by atoms with Crippen LogP contribution < -0.4 is 11.5 Å². The topological polar surface area (TPSA) is 76.8 Å². The smallest absolute Gasteiger partial charge is 0.211 e. The lowest BCUT2D eigenvalue weighted by Gasteiger charge is -1.90. The van der Waals surface area contributed by atoms with Crippen LogP contribution in [0.3, 0.4) is 0 Å². The molecular weight excluding hydrogens is 140 g/mol. The highest BCUT2D eigenvalue weighted by atomic mass is 15.3. The van der Waals surface area contributed by atoms with Gasteiger partial charge in [0.25, 0.3) is 0 Å². The first-order valence-corrected chi connectivity index (χ1v) is 3.26. The Bertz CT molecular complexity index is 221. The van der Waals surface area contributed by atoms with Crippen LogP contribution in [-0.2, 0) is 0 Å². The third-order valence-corrected chi connectivity index (χ3v) is 1.19. The van der Waals surface area contributed by atoms with Crippen molar-refractivity contribution >= 4 is 12.2 Å². The van der Waals surface area contributed by atoms with E-state index < -0.39 is 0 Å². The number of hydrogen-bond donors (Lipinski definition) is 2. The number of allylic oxidation sites excluding steroid dienone is 4. The molecule has 0 radical (unpaired) electrons. The molecule has 4 heteroatoms. The molecule has 0 aliphatic heterocycles. The summed E-state index contributed by atoms with van der Waals surface area (Å²) in [5.74, 6) is 0.213. The molecule has 0 unspecified atom stereocenters. The van der Waals surface area contributed by atoms with Gasteiger partial charge in [-0.25, -0.2) is 0 Å². The Morgan fingerprint density at radius 3 is 2.45 bits per heavy atom. The molecule has 11 heavy (non-hydrogen) atoms. The Morgan fingerprint density at radius 2 is 1.91 bits per heavy atom. The summed E-state index contributed by atoms with van der Waals surface area (Å²) in [7, 11) is 0. The van der Waals surface area contributed by atoms with Crippen LogP contribution in [0.5, 0.6) is 0 Å². The molecule has 0 atom stereocenters. The van der Waals surface area contributed by atoms with Crippen molar-refractivity contribution in [1.29, 1.82) is 0 Å². The molecule has 1 aliphatic carbocycles. The van der Waals surface area contributed by atoms with Crippen molar-refractivity contribution in [2.75, 3.05) is 0 Å². The minimum absolute atomic E-state index is 0.0211. The largest absolute Gasteiger partial charge is 0.369 e. The van der Waals surface area contributed by atoms with Gasteiger partial charge in [0.2, 0.25) is 5.96 Å². The van der Waals surface area contributed by atoms with Crippen LogP contribution in [0.4, 0.5) is 0 Å². The van der Waals surface area contributed by atoms with Gasteiger partial charge in [-0.2, -0.15) is 5.10 Å². The zero-order chi connectivity index (χ0) is 8.10. The Hall–Kier alpha value is -1.58. The molecule has 4 nitrogen and oxygen atoms in total. The van der Waals surface area contributed by atoms with Crippen LogP contribution in [-0.4, -0.2) is 12.2 Å². The first kappa shape index (κ1) is 7.53. The molecule has 0 spiro atoms. The Labute approximate surface area is 65.0 Å². The van der Waals surface area contributed by atoms with Crippen molar-refractivity contribution in [3.05, 3.63) is 24.3 Å². The molecule has 1 rings (SSSR count). The van der Waals surface area contributed by atoms with Gasteiger partial charge in [0.15, 0.2) is 0 Å². The van der Waals surface area contributed by atoms with E-state index in [0.717, 1.165) is 0 Å². The van der Waals surface area contributed by atoms with Gasteiger partial charge in [-0.05, 0) is 0 Å². The second-order valence-electron chi connectivity index (χ2n) is 2.14. The molecule has 4 N–H and O–H groups in total. The summed E-state index contributed by atoms with van der Waals surface area (Å²) in [5.41, 5.74) is 10.1. The van der Waals surface area contributed by atoms with Gasteiger partial charge in [0.1, 0.15) is 0 Å². The van der Waals surface area contributed by atoms with E-state index in [9.17, 15) is 0 Å². The third-order valence-electron chi connectivity index (χ3n) is 1.19. The van der Waals surface area contributed by atoms with E-state index in [0.29, 0.717) is 0 Å². The summed E-state index contributed by atoms with van der Waals surface area (Å²) >= 11 is 0. The first-order chi connectivity index (χ1) is 5.29. The van der Waals surface area contributed by atoms with Gasteiger partial charge in [0, 0.05) is 12.1 Å². The fourth-order valence-electron chi connectivity index (χ4n) is 0.725. The van der Waals surface area contributed by atoms with E-state index >= 15 is 0 Å². The van der Waals surface area contributed by atoms with Gasteiger partial charge >= 0.3 is 0 Å². The highest BCUT2D eigenvalue weighted by Crippen LogP contribution is 2.04. The lowest BCUT2D eigenvalue weighted by Crippen LogP contribution is -2.21.